The zero-order valence-corrected chi connectivity index (χ0v) is 3.10. The second-order valence-electron chi connectivity index (χ2n) is 0.862. The molecule has 0 aromatic rings. The van der Waals surface area contributed by atoms with Crippen molar-refractivity contribution in [1.29, 1.82) is 0 Å². The standard InChI is InChI=1S/C2H4N.Cu/c1-2-3-1;/h1-2H2;/q-1;+1. The first-order valence-corrected chi connectivity index (χ1v) is 1.69. The van der Waals surface area contributed by atoms with Crippen molar-refractivity contribution in [3.05, 3.63) is 0 Å². The van der Waals surface area contributed by atoms with Crippen LogP contribution in [0.3, 0.4) is 0 Å². The van der Waals surface area contributed by atoms with Crippen molar-refractivity contribution in [2.75, 3.05) is 13.1 Å². The summed E-state index contributed by atoms with van der Waals surface area (Å²) in [6.45, 7) is 2.25. The van der Waals surface area contributed by atoms with Gasteiger partial charge in [-0.15, -0.1) is 0 Å². The minimum atomic E-state index is 1.12. The molecule has 0 unspecified atom stereocenters. The Morgan fingerprint density at radius 1 is 1.50 bits per heavy atom. The maximum absolute atomic E-state index is 4.69. The zero-order valence-electron chi connectivity index (χ0n) is 2.16. The van der Waals surface area contributed by atoms with E-state index in [1.807, 2.05) is 3.92 Å². The van der Waals surface area contributed by atoms with Crippen LogP contribution in [0.4, 0.5) is 0 Å². The van der Waals surface area contributed by atoms with E-state index in [0.29, 0.717) is 0 Å². The fourth-order valence-corrected chi connectivity index (χ4v) is 0.124. The average molecular weight is 106 g/mol. The maximum atomic E-state index is 4.69. The quantitative estimate of drug-likeness (QED) is 0.304. The zero-order chi connectivity index (χ0) is 2.99. The summed E-state index contributed by atoms with van der Waals surface area (Å²) in [5, 5.41) is 0. The number of hydrogen-bond acceptors (Lipinski definition) is 1. The molecular formula is C2H4CuN. The number of hydrogen-bond donors (Lipinski definition) is 0. The molecule has 0 amide bonds. The van der Waals surface area contributed by atoms with Crippen LogP contribution in [0.25, 0.3) is 0 Å². The van der Waals surface area contributed by atoms with Crippen molar-refractivity contribution in [2.24, 2.45) is 0 Å². The van der Waals surface area contributed by atoms with Crippen LogP contribution >= 0.6 is 0 Å². The molecule has 1 aliphatic heterocycles. The fourth-order valence-electron chi connectivity index (χ4n) is 0.0302. The molecule has 0 aliphatic carbocycles. The van der Waals surface area contributed by atoms with Crippen LogP contribution in [0.5, 0.6) is 0 Å². The molecule has 0 spiro atoms. The molecule has 1 aliphatic rings. The van der Waals surface area contributed by atoms with Gasteiger partial charge in [0.1, 0.15) is 0 Å². The summed E-state index contributed by atoms with van der Waals surface area (Å²) in [7, 11) is 0. The average Bonchev–Trinajstić information content (AvgIpc) is 1.75. The van der Waals surface area contributed by atoms with Crippen molar-refractivity contribution in [3.8, 4) is 0 Å². The number of nitrogens with zero attached hydrogens (tertiary/aromatic N) is 1. The molecule has 1 fully saturated rings. The molecule has 0 N–H and O–H groups in total. The Labute approximate surface area is 34.0 Å². The Kier molecular flexibility index (Phi) is 0.481. The number of rotatable bonds is 0. The van der Waals surface area contributed by atoms with Gasteiger partial charge in [0, 0.05) is 0 Å². The predicted octanol–water partition coefficient (Wildman–Crippen LogP) is -0.236. The molecule has 0 aromatic heterocycles. The van der Waals surface area contributed by atoms with E-state index < -0.39 is 0 Å². The van der Waals surface area contributed by atoms with Crippen LogP contribution < -0.4 is 0 Å². The van der Waals surface area contributed by atoms with Crippen molar-refractivity contribution < 1.29 is 16.2 Å². The molecule has 28 valence electrons. The van der Waals surface area contributed by atoms with Crippen LogP contribution in [0.1, 0.15) is 0 Å². The Morgan fingerprint density at radius 3 is 1.75 bits per heavy atom. The van der Waals surface area contributed by atoms with Gasteiger partial charge in [-0.25, -0.2) is 0 Å². The SMILES string of the molecule is [Cu][N]1CC1. The van der Waals surface area contributed by atoms with Gasteiger partial charge in [0.15, 0.2) is 0 Å². The van der Waals surface area contributed by atoms with Gasteiger partial charge < -0.3 is 0 Å². The van der Waals surface area contributed by atoms with Gasteiger partial charge in [0.05, 0.1) is 0 Å². The first kappa shape index (κ1) is 2.70. The van der Waals surface area contributed by atoms with E-state index in [9.17, 15) is 0 Å². The molecule has 1 rings (SSSR count). The monoisotopic (exact) mass is 105 g/mol. The predicted molar refractivity (Wildman–Crippen MR) is 11.6 cm³/mol. The summed E-state index contributed by atoms with van der Waals surface area (Å²) in [6, 6.07) is 0. The topological polar surface area (TPSA) is 3.01 Å². The summed E-state index contributed by atoms with van der Waals surface area (Å²) in [5.74, 6) is 0. The molecule has 0 aromatic carbocycles. The third-order valence-electron chi connectivity index (χ3n) is 0.358. The van der Waals surface area contributed by atoms with E-state index in [2.05, 4.69) is 16.2 Å². The molecule has 4 heavy (non-hydrogen) atoms. The van der Waals surface area contributed by atoms with Crippen molar-refractivity contribution in [1.82, 2.24) is 3.92 Å². The summed E-state index contributed by atoms with van der Waals surface area (Å²) >= 11 is 4.69. The van der Waals surface area contributed by atoms with Crippen LogP contribution in [-0.4, -0.2) is 17.0 Å². The Bertz CT molecular complexity index is 25.2. The fraction of sp³-hybridized carbons (Fsp3) is 1.00. The first-order valence-electron chi connectivity index (χ1n) is 1.27. The molecule has 1 saturated heterocycles. The van der Waals surface area contributed by atoms with Gasteiger partial charge >= 0.3 is 33.2 Å². The van der Waals surface area contributed by atoms with Crippen LogP contribution in [0.2, 0.25) is 0 Å². The van der Waals surface area contributed by atoms with E-state index in [1.165, 1.54) is 0 Å². The first-order chi connectivity index (χ1) is 1.89. The summed E-state index contributed by atoms with van der Waals surface area (Å²) in [4.78, 5) is 0. The van der Waals surface area contributed by atoms with Gasteiger partial charge in [0.25, 0.3) is 0 Å². The van der Waals surface area contributed by atoms with Gasteiger partial charge in [-0.05, 0) is 0 Å². The van der Waals surface area contributed by atoms with E-state index >= 15 is 0 Å². The van der Waals surface area contributed by atoms with Crippen molar-refractivity contribution in [3.63, 3.8) is 0 Å². The van der Waals surface area contributed by atoms with Gasteiger partial charge in [-0.1, -0.05) is 0 Å². The third kappa shape index (κ3) is 0.448. The Hall–Kier alpha value is 0.479. The normalized spacial score (nSPS) is 26.5. The van der Waals surface area contributed by atoms with E-state index in [4.69, 9.17) is 0 Å². The molecule has 0 radical (unpaired) electrons. The van der Waals surface area contributed by atoms with Gasteiger partial charge in [-0.3, -0.25) is 0 Å². The van der Waals surface area contributed by atoms with E-state index in [-0.39, 0.29) is 0 Å². The van der Waals surface area contributed by atoms with Gasteiger partial charge in [0.2, 0.25) is 0 Å². The molecule has 0 bridgehead atoms. The molecular weight excluding hydrogens is 102 g/mol. The van der Waals surface area contributed by atoms with Crippen molar-refractivity contribution >= 4 is 0 Å². The Balaban J connectivity index is 2.17. The summed E-state index contributed by atoms with van der Waals surface area (Å²) in [5.41, 5.74) is 0. The van der Waals surface area contributed by atoms with Crippen LogP contribution in [-0.2, 0) is 16.2 Å². The summed E-state index contributed by atoms with van der Waals surface area (Å²) in [6.07, 6.45) is 0. The molecule has 2 heteroatoms. The third-order valence-corrected chi connectivity index (χ3v) is 0.780. The van der Waals surface area contributed by atoms with E-state index in [0.717, 1.165) is 13.1 Å². The molecule has 1 heterocycles. The second kappa shape index (κ2) is 0.712. The minimum absolute atomic E-state index is 1.12. The molecule has 1 nitrogen and oxygen atoms in total. The Morgan fingerprint density at radius 2 is 1.75 bits per heavy atom. The van der Waals surface area contributed by atoms with Crippen LogP contribution in [0, 0.1) is 0 Å². The van der Waals surface area contributed by atoms with E-state index in [1.54, 1.807) is 0 Å². The van der Waals surface area contributed by atoms with Crippen LogP contribution in [0.15, 0.2) is 0 Å². The van der Waals surface area contributed by atoms with Gasteiger partial charge in [-0.2, -0.15) is 0 Å². The van der Waals surface area contributed by atoms with Crippen molar-refractivity contribution in [2.45, 2.75) is 0 Å². The summed E-state index contributed by atoms with van der Waals surface area (Å²) < 4.78 is 1.81. The second-order valence-corrected chi connectivity index (χ2v) is 1.46. The molecule has 0 saturated carbocycles. The molecule has 0 atom stereocenters.